The first-order valence-electron chi connectivity index (χ1n) is 10.0. The van der Waals surface area contributed by atoms with E-state index in [1.54, 1.807) is 11.8 Å². The van der Waals surface area contributed by atoms with E-state index in [9.17, 15) is 0 Å². The zero-order valence-corrected chi connectivity index (χ0v) is 17.3. The summed E-state index contributed by atoms with van der Waals surface area (Å²) in [5.74, 6) is 1.08. The Morgan fingerprint density at radius 2 is 1.89 bits per heavy atom. The van der Waals surface area contributed by atoms with Crippen LogP contribution in [0.5, 0.6) is 0 Å². The van der Waals surface area contributed by atoms with Gasteiger partial charge in [0.15, 0.2) is 0 Å². The molecule has 2 aromatic carbocycles. The highest BCUT2D eigenvalue weighted by molar-refractivity contribution is 7.99. The predicted octanol–water partition coefficient (Wildman–Crippen LogP) is 3.34. The van der Waals surface area contributed by atoms with Crippen molar-refractivity contribution in [1.82, 2.24) is 9.80 Å². The summed E-state index contributed by atoms with van der Waals surface area (Å²) in [6.45, 7) is 9.25. The van der Waals surface area contributed by atoms with Gasteiger partial charge in [-0.25, -0.2) is 4.99 Å². The number of aliphatic imine (C=N–C) groups is 1. The van der Waals surface area contributed by atoms with Gasteiger partial charge in [-0.15, -0.1) is 0 Å². The van der Waals surface area contributed by atoms with E-state index in [4.69, 9.17) is 15.5 Å². The summed E-state index contributed by atoms with van der Waals surface area (Å²) in [6, 6.07) is 14.9. The third kappa shape index (κ3) is 4.25. The van der Waals surface area contributed by atoms with E-state index in [1.807, 2.05) is 6.92 Å². The van der Waals surface area contributed by atoms with E-state index in [2.05, 4.69) is 52.3 Å². The Hall–Kier alpha value is -1.86. The number of nitrogens with two attached hydrogens (primary N) is 1. The van der Waals surface area contributed by atoms with Gasteiger partial charge in [0.1, 0.15) is 5.84 Å². The molecule has 1 fully saturated rings. The molecule has 0 amide bonds. The number of piperazine rings is 1. The van der Waals surface area contributed by atoms with Crippen LogP contribution < -0.4 is 5.73 Å². The van der Waals surface area contributed by atoms with Gasteiger partial charge in [-0.2, -0.15) is 0 Å². The van der Waals surface area contributed by atoms with E-state index in [1.165, 1.54) is 15.4 Å². The van der Waals surface area contributed by atoms with Gasteiger partial charge in [-0.1, -0.05) is 30.0 Å². The van der Waals surface area contributed by atoms with E-state index < -0.39 is 0 Å². The first-order chi connectivity index (χ1) is 13.8. The molecule has 4 rings (SSSR count). The second-order valence-corrected chi connectivity index (χ2v) is 8.15. The fraction of sp³-hybridized carbons (Fsp3) is 0.409. The highest BCUT2D eigenvalue weighted by Gasteiger charge is 2.25. The van der Waals surface area contributed by atoms with Gasteiger partial charge in [0.25, 0.3) is 0 Å². The van der Waals surface area contributed by atoms with Crippen molar-refractivity contribution >= 4 is 23.3 Å². The third-order valence-corrected chi connectivity index (χ3v) is 6.38. The van der Waals surface area contributed by atoms with Crippen LogP contribution in [0.1, 0.15) is 18.1 Å². The minimum atomic E-state index is 0.556. The van der Waals surface area contributed by atoms with Crippen molar-refractivity contribution in [2.24, 2.45) is 10.7 Å². The van der Waals surface area contributed by atoms with Crippen LogP contribution in [0.3, 0.4) is 0 Å². The molecule has 0 bridgehead atoms. The van der Waals surface area contributed by atoms with Crippen LogP contribution in [0.4, 0.5) is 5.69 Å². The number of fused-ring (bicyclic) bond motifs is 2. The number of para-hydroxylation sites is 1. The number of rotatable bonds is 5. The quantitative estimate of drug-likeness (QED) is 0.786. The predicted molar refractivity (Wildman–Crippen MR) is 116 cm³/mol. The van der Waals surface area contributed by atoms with Gasteiger partial charge >= 0.3 is 0 Å². The van der Waals surface area contributed by atoms with Crippen molar-refractivity contribution < 1.29 is 4.74 Å². The van der Waals surface area contributed by atoms with E-state index in [-0.39, 0.29) is 0 Å². The number of benzene rings is 2. The molecular weight excluding hydrogens is 368 g/mol. The van der Waals surface area contributed by atoms with Crippen molar-refractivity contribution in [2.45, 2.75) is 23.3 Å². The minimum Gasteiger partial charge on any atom is -0.380 e. The molecule has 6 heteroatoms. The van der Waals surface area contributed by atoms with Gasteiger partial charge in [0.05, 0.1) is 12.3 Å². The SMILES string of the molecule is CCOCCN1CCN(C2=Nc3ccccc3Sc3cc(CN)ccc32)CC1. The third-order valence-electron chi connectivity index (χ3n) is 5.26. The molecule has 2 heterocycles. The molecule has 0 unspecified atom stereocenters. The summed E-state index contributed by atoms with van der Waals surface area (Å²) >= 11 is 1.79. The summed E-state index contributed by atoms with van der Waals surface area (Å²) in [5.41, 5.74) is 9.31. The van der Waals surface area contributed by atoms with Gasteiger partial charge in [0, 0.05) is 61.2 Å². The zero-order chi connectivity index (χ0) is 19.3. The molecule has 28 heavy (non-hydrogen) atoms. The smallest absolute Gasteiger partial charge is 0.137 e. The standard InChI is InChI=1S/C22H28N4OS/c1-2-27-14-13-25-9-11-26(12-10-25)22-18-8-7-17(16-23)15-21(18)28-20-6-4-3-5-19(20)24-22/h3-8,15H,2,9-14,16,23H2,1H3. The molecule has 2 N–H and O–H groups in total. The average molecular weight is 397 g/mol. The maximum absolute atomic E-state index is 5.89. The zero-order valence-electron chi connectivity index (χ0n) is 16.4. The van der Waals surface area contributed by atoms with E-state index in [0.29, 0.717) is 6.54 Å². The molecule has 1 saturated heterocycles. The van der Waals surface area contributed by atoms with Crippen LogP contribution in [-0.2, 0) is 11.3 Å². The summed E-state index contributed by atoms with van der Waals surface area (Å²) in [6.07, 6.45) is 0. The maximum Gasteiger partial charge on any atom is 0.137 e. The Balaban J connectivity index is 1.60. The number of hydrogen-bond acceptors (Lipinski definition) is 6. The van der Waals surface area contributed by atoms with Crippen LogP contribution in [-0.4, -0.2) is 61.6 Å². The van der Waals surface area contributed by atoms with E-state index >= 15 is 0 Å². The average Bonchev–Trinajstić information content (AvgIpc) is 2.90. The molecule has 0 aliphatic carbocycles. The van der Waals surface area contributed by atoms with Gasteiger partial charge in [-0.3, -0.25) is 4.90 Å². The molecule has 0 spiro atoms. The van der Waals surface area contributed by atoms with Crippen LogP contribution in [0.15, 0.2) is 57.2 Å². The molecule has 2 aromatic rings. The summed E-state index contributed by atoms with van der Waals surface area (Å²) in [4.78, 5) is 12.5. The number of amidine groups is 1. The molecule has 0 saturated carbocycles. The van der Waals surface area contributed by atoms with Crippen LogP contribution in [0.25, 0.3) is 0 Å². The Bertz CT molecular complexity index is 846. The van der Waals surface area contributed by atoms with Crippen molar-refractivity contribution in [3.05, 3.63) is 53.6 Å². The molecule has 0 radical (unpaired) electrons. The number of ether oxygens (including phenoxy) is 1. The maximum atomic E-state index is 5.89. The Labute approximate surface area is 171 Å². The Morgan fingerprint density at radius 1 is 1.07 bits per heavy atom. The molecule has 148 valence electrons. The number of nitrogens with zero attached hydrogens (tertiary/aromatic N) is 3. The Kier molecular flexibility index (Phi) is 6.32. The fourth-order valence-corrected chi connectivity index (χ4v) is 4.74. The molecule has 2 aliphatic heterocycles. The first-order valence-corrected chi connectivity index (χ1v) is 10.8. The van der Waals surface area contributed by atoms with Crippen molar-refractivity contribution in [3.63, 3.8) is 0 Å². The lowest BCUT2D eigenvalue weighted by atomic mass is 10.1. The lowest BCUT2D eigenvalue weighted by Gasteiger charge is -2.36. The van der Waals surface area contributed by atoms with Crippen LogP contribution in [0, 0.1) is 0 Å². The molecular formula is C22H28N4OS. The van der Waals surface area contributed by atoms with Crippen molar-refractivity contribution in [3.8, 4) is 0 Å². The molecule has 0 aromatic heterocycles. The minimum absolute atomic E-state index is 0.556. The first kappa shape index (κ1) is 19.5. The monoisotopic (exact) mass is 396 g/mol. The lowest BCUT2D eigenvalue weighted by Crippen LogP contribution is -2.49. The summed E-state index contributed by atoms with van der Waals surface area (Å²) < 4.78 is 5.51. The fourth-order valence-electron chi connectivity index (χ4n) is 3.65. The highest BCUT2D eigenvalue weighted by atomic mass is 32.2. The number of hydrogen-bond donors (Lipinski definition) is 1. The van der Waals surface area contributed by atoms with Crippen molar-refractivity contribution in [1.29, 1.82) is 0 Å². The van der Waals surface area contributed by atoms with Crippen molar-refractivity contribution in [2.75, 3.05) is 45.9 Å². The second kappa shape index (κ2) is 9.09. The van der Waals surface area contributed by atoms with Crippen LogP contribution in [0.2, 0.25) is 0 Å². The lowest BCUT2D eigenvalue weighted by molar-refractivity contribution is 0.0962. The highest BCUT2D eigenvalue weighted by Crippen LogP contribution is 2.41. The molecule has 0 atom stereocenters. The normalized spacial score (nSPS) is 16.9. The van der Waals surface area contributed by atoms with Crippen LogP contribution >= 0.6 is 11.8 Å². The van der Waals surface area contributed by atoms with Gasteiger partial charge in [0.2, 0.25) is 0 Å². The summed E-state index contributed by atoms with van der Waals surface area (Å²) in [5, 5.41) is 0. The van der Waals surface area contributed by atoms with Gasteiger partial charge < -0.3 is 15.4 Å². The second-order valence-electron chi connectivity index (χ2n) is 7.07. The molecule has 2 aliphatic rings. The Morgan fingerprint density at radius 3 is 2.68 bits per heavy atom. The van der Waals surface area contributed by atoms with Gasteiger partial charge in [-0.05, 0) is 36.8 Å². The largest absolute Gasteiger partial charge is 0.380 e. The topological polar surface area (TPSA) is 54.1 Å². The molecule has 5 nitrogen and oxygen atoms in total. The van der Waals surface area contributed by atoms with E-state index in [0.717, 1.165) is 63.0 Å². The summed E-state index contributed by atoms with van der Waals surface area (Å²) in [7, 11) is 0.